The molecule has 0 aromatic heterocycles. The maximum absolute atomic E-state index is 12.8. The largest absolute Gasteiger partial charge is 0.416 e. The zero-order valence-corrected chi connectivity index (χ0v) is 12.6. The second-order valence-corrected chi connectivity index (χ2v) is 7.10. The fourth-order valence-electron chi connectivity index (χ4n) is 2.31. The van der Waals surface area contributed by atoms with Crippen LogP contribution in [0.5, 0.6) is 0 Å². The maximum atomic E-state index is 12.8. The first-order chi connectivity index (χ1) is 9.62. The summed E-state index contributed by atoms with van der Waals surface area (Å²) in [4.78, 5) is -0.272. The Morgan fingerprint density at radius 2 is 2.00 bits per heavy atom. The lowest BCUT2D eigenvalue weighted by Gasteiger charge is -2.31. The average Bonchev–Trinajstić information content (AvgIpc) is 2.37. The van der Waals surface area contributed by atoms with Crippen molar-refractivity contribution >= 4 is 10.0 Å². The van der Waals surface area contributed by atoms with E-state index in [9.17, 15) is 21.6 Å². The van der Waals surface area contributed by atoms with Gasteiger partial charge in [-0.1, -0.05) is 6.07 Å². The Balaban J connectivity index is 2.44. The number of hydrogen-bond acceptors (Lipinski definition) is 3. The molecule has 1 aliphatic rings. The number of sulfonamides is 1. The van der Waals surface area contributed by atoms with Crippen molar-refractivity contribution in [1.82, 2.24) is 9.62 Å². The van der Waals surface area contributed by atoms with E-state index in [1.165, 1.54) is 17.3 Å². The van der Waals surface area contributed by atoms with Gasteiger partial charge in [-0.15, -0.1) is 0 Å². The first-order valence-electron chi connectivity index (χ1n) is 6.54. The fraction of sp³-hybridized carbons (Fsp3) is 0.538. The summed E-state index contributed by atoms with van der Waals surface area (Å²) in [6.07, 6.45) is -4.56. The summed E-state index contributed by atoms with van der Waals surface area (Å²) in [5.74, 6) is 0. The molecule has 0 amide bonds. The lowest BCUT2D eigenvalue weighted by atomic mass is 10.1. The third-order valence-electron chi connectivity index (χ3n) is 3.46. The van der Waals surface area contributed by atoms with Crippen LogP contribution < -0.4 is 5.32 Å². The van der Waals surface area contributed by atoms with Gasteiger partial charge in [0.15, 0.2) is 0 Å². The highest BCUT2D eigenvalue weighted by Crippen LogP contribution is 2.32. The van der Waals surface area contributed by atoms with E-state index in [2.05, 4.69) is 5.32 Å². The molecule has 1 saturated heterocycles. The molecule has 21 heavy (non-hydrogen) atoms. The van der Waals surface area contributed by atoms with Crippen molar-refractivity contribution in [2.24, 2.45) is 0 Å². The van der Waals surface area contributed by atoms with Crippen molar-refractivity contribution in [3.05, 3.63) is 29.3 Å². The van der Waals surface area contributed by atoms with Gasteiger partial charge in [-0.3, -0.25) is 0 Å². The van der Waals surface area contributed by atoms with Crippen LogP contribution >= 0.6 is 0 Å². The molecule has 1 aromatic rings. The first kappa shape index (κ1) is 16.3. The van der Waals surface area contributed by atoms with Gasteiger partial charge in [-0.2, -0.15) is 17.5 Å². The molecular weight excluding hydrogens is 305 g/mol. The molecule has 1 atom stereocenters. The van der Waals surface area contributed by atoms with Crippen LogP contribution in [0.1, 0.15) is 18.1 Å². The predicted molar refractivity (Wildman–Crippen MR) is 72.4 cm³/mol. The molecule has 1 aromatic carbocycles. The van der Waals surface area contributed by atoms with Gasteiger partial charge < -0.3 is 5.32 Å². The molecule has 0 saturated carbocycles. The second-order valence-electron chi connectivity index (χ2n) is 5.20. The second kappa shape index (κ2) is 5.58. The van der Waals surface area contributed by atoms with Crippen LogP contribution in [0.4, 0.5) is 13.2 Å². The molecule has 4 nitrogen and oxygen atoms in total. The average molecular weight is 322 g/mol. The molecule has 0 radical (unpaired) electrons. The number of nitrogens with one attached hydrogen (secondary N) is 1. The summed E-state index contributed by atoms with van der Waals surface area (Å²) >= 11 is 0. The number of alkyl halides is 3. The molecule has 2 rings (SSSR count). The van der Waals surface area contributed by atoms with E-state index < -0.39 is 21.8 Å². The van der Waals surface area contributed by atoms with E-state index in [4.69, 9.17) is 0 Å². The quantitative estimate of drug-likeness (QED) is 0.906. The van der Waals surface area contributed by atoms with Gasteiger partial charge >= 0.3 is 6.18 Å². The smallest absolute Gasteiger partial charge is 0.312 e. The normalized spacial score (nSPS) is 21.5. The summed E-state index contributed by atoms with van der Waals surface area (Å²) in [7, 11) is -3.92. The van der Waals surface area contributed by atoms with Crippen LogP contribution in [0.3, 0.4) is 0 Å². The van der Waals surface area contributed by atoms with Crippen LogP contribution in [0.15, 0.2) is 23.1 Å². The van der Waals surface area contributed by atoms with E-state index in [0.29, 0.717) is 12.1 Å². The number of benzene rings is 1. The summed E-state index contributed by atoms with van der Waals surface area (Å²) in [5.41, 5.74) is -0.635. The number of aryl methyl sites for hydroxylation is 1. The Kier molecular flexibility index (Phi) is 4.32. The van der Waals surface area contributed by atoms with Crippen LogP contribution in [0.2, 0.25) is 0 Å². The number of piperazine rings is 1. The van der Waals surface area contributed by atoms with Crippen LogP contribution in [0, 0.1) is 6.92 Å². The molecule has 1 fully saturated rings. The Morgan fingerprint density at radius 1 is 1.33 bits per heavy atom. The highest BCUT2D eigenvalue weighted by Gasteiger charge is 2.34. The van der Waals surface area contributed by atoms with E-state index >= 15 is 0 Å². The van der Waals surface area contributed by atoms with Crippen molar-refractivity contribution < 1.29 is 21.6 Å². The van der Waals surface area contributed by atoms with E-state index in [-0.39, 0.29) is 24.0 Å². The van der Waals surface area contributed by atoms with Gasteiger partial charge in [-0.25, -0.2) is 8.42 Å². The highest BCUT2D eigenvalue weighted by molar-refractivity contribution is 7.89. The summed E-state index contributed by atoms with van der Waals surface area (Å²) in [6.45, 7) is 4.32. The third-order valence-corrected chi connectivity index (χ3v) is 5.47. The molecule has 8 heteroatoms. The topological polar surface area (TPSA) is 49.4 Å². The first-order valence-corrected chi connectivity index (χ1v) is 7.98. The SMILES string of the molecule is Cc1ccc(C(F)(F)F)cc1S(=O)(=O)N1CCN[C@@H](C)C1. The Labute approximate surface area is 122 Å². The Hall–Kier alpha value is -1.12. The van der Waals surface area contributed by atoms with Gasteiger partial charge in [0.05, 0.1) is 10.5 Å². The van der Waals surface area contributed by atoms with Crippen molar-refractivity contribution in [1.29, 1.82) is 0 Å². The minimum absolute atomic E-state index is 0.0281. The van der Waals surface area contributed by atoms with E-state index in [0.717, 1.165) is 12.1 Å². The molecule has 1 heterocycles. The van der Waals surface area contributed by atoms with Gasteiger partial charge in [-0.05, 0) is 31.5 Å². The minimum atomic E-state index is -4.56. The molecular formula is C13H17F3N2O2S. The van der Waals surface area contributed by atoms with Gasteiger partial charge in [0.2, 0.25) is 10.0 Å². The molecule has 1 aliphatic heterocycles. The fourth-order valence-corrected chi connectivity index (χ4v) is 4.09. The van der Waals surface area contributed by atoms with E-state index in [1.807, 2.05) is 6.92 Å². The molecule has 1 N–H and O–H groups in total. The standard InChI is InChI=1S/C13H17F3N2O2S/c1-9-3-4-11(13(14,15)16)7-12(9)21(19,20)18-6-5-17-10(2)8-18/h3-4,7,10,17H,5-6,8H2,1-2H3/t10-/m0/s1. The van der Waals surface area contributed by atoms with Crippen LogP contribution in [0.25, 0.3) is 0 Å². The summed E-state index contributed by atoms with van der Waals surface area (Å²) in [5, 5.41) is 3.10. The molecule has 0 spiro atoms. The zero-order chi connectivity index (χ0) is 15.8. The lowest BCUT2D eigenvalue weighted by Crippen LogP contribution is -2.51. The molecule has 118 valence electrons. The molecule has 0 aliphatic carbocycles. The van der Waals surface area contributed by atoms with Crippen LogP contribution in [-0.2, 0) is 16.2 Å². The third kappa shape index (κ3) is 3.38. The van der Waals surface area contributed by atoms with Gasteiger partial charge in [0.1, 0.15) is 0 Å². The Bertz CT molecular complexity index is 629. The molecule has 0 bridgehead atoms. The Morgan fingerprint density at radius 3 is 2.57 bits per heavy atom. The van der Waals surface area contributed by atoms with Gasteiger partial charge in [0, 0.05) is 25.7 Å². The monoisotopic (exact) mass is 322 g/mol. The summed E-state index contributed by atoms with van der Waals surface area (Å²) < 4.78 is 64.7. The van der Waals surface area contributed by atoms with Crippen molar-refractivity contribution in [2.75, 3.05) is 19.6 Å². The number of halogens is 3. The van der Waals surface area contributed by atoms with Gasteiger partial charge in [0.25, 0.3) is 0 Å². The minimum Gasteiger partial charge on any atom is -0.312 e. The summed E-state index contributed by atoms with van der Waals surface area (Å²) in [6, 6.07) is 2.78. The maximum Gasteiger partial charge on any atom is 0.416 e. The van der Waals surface area contributed by atoms with Crippen molar-refractivity contribution in [3.8, 4) is 0 Å². The van der Waals surface area contributed by atoms with Crippen molar-refractivity contribution in [3.63, 3.8) is 0 Å². The van der Waals surface area contributed by atoms with E-state index in [1.54, 1.807) is 0 Å². The van der Waals surface area contributed by atoms with Crippen LogP contribution in [-0.4, -0.2) is 38.4 Å². The molecule has 0 unspecified atom stereocenters. The number of rotatable bonds is 2. The zero-order valence-electron chi connectivity index (χ0n) is 11.7. The predicted octanol–water partition coefficient (Wildman–Crippen LogP) is 2.00. The number of nitrogens with zero attached hydrogens (tertiary/aromatic N) is 1. The highest BCUT2D eigenvalue weighted by atomic mass is 32.2. The van der Waals surface area contributed by atoms with Crippen molar-refractivity contribution in [2.45, 2.75) is 31.0 Å². The lowest BCUT2D eigenvalue weighted by molar-refractivity contribution is -0.137. The number of hydrogen-bond donors (Lipinski definition) is 1.